The summed E-state index contributed by atoms with van der Waals surface area (Å²) in [5.74, 6) is -0.977. The van der Waals surface area contributed by atoms with Crippen LogP contribution in [0.5, 0.6) is 5.75 Å². The molecule has 2 atom stereocenters. The molecule has 9 heteroatoms. The Kier molecular flexibility index (Phi) is 4.08. The van der Waals surface area contributed by atoms with E-state index in [0.717, 1.165) is 18.1 Å². The van der Waals surface area contributed by atoms with Crippen LogP contribution in [-0.4, -0.2) is 39.2 Å². The molecule has 5 rings (SSSR count). The van der Waals surface area contributed by atoms with Gasteiger partial charge in [0.25, 0.3) is 10.0 Å². The molecule has 3 aliphatic rings. The van der Waals surface area contributed by atoms with Crippen LogP contribution in [-0.2, 0) is 10.0 Å². The van der Waals surface area contributed by atoms with Gasteiger partial charge in [-0.15, -0.1) is 0 Å². The van der Waals surface area contributed by atoms with Crippen molar-refractivity contribution in [1.82, 2.24) is 5.32 Å². The normalized spacial score (nSPS) is 22.7. The van der Waals surface area contributed by atoms with E-state index >= 15 is 0 Å². The predicted octanol–water partition coefficient (Wildman–Crippen LogP) is 2.51. The molecule has 0 spiro atoms. The van der Waals surface area contributed by atoms with Crippen molar-refractivity contribution in [3.05, 3.63) is 52.8 Å². The maximum atomic E-state index is 13.8. The third-order valence-electron chi connectivity index (χ3n) is 5.89. The number of sulfonamides is 1. The molecule has 2 fully saturated rings. The highest BCUT2D eigenvalue weighted by Crippen LogP contribution is 2.55. The van der Waals surface area contributed by atoms with Gasteiger partial charge in [0.2, 0.25) is 0 Å². The fourth-order valence-electron chi connectivity index (χ4n) is 4.14. The Bertz CT molecular complexity index is 1130. The van der Waals surface area contributed by atoms with E-state index in [4.69, 9.17) is 4.74 Å². The molecule has 3 N–H and O–H groups in total. The van der Waals surface area contributed by atoms with Gasteiger partial charge in [-0.3, -0.25) is 4.72 Å². The number of carboxylic acids is 1. The number of anilines is 1. The van der Waals surface area contributed by atoms with Crippen molar-refractivity contribution >= 4 is 21.7 Å². The highest BCUT2D eigenvalue weighted by molar-refractivity contribution is 7.92. The fraction of sp³-hybridized carbons (Fsp3) is 0.350. The predicted molar refractivity (Wildman–Crippen MR) is 103 cm³/mol. The second-order valence-corrected chi connectivity index (χ2v) is 9.42. The van der Waals surface area contributed by atoms with Crippen molar-refractivity contribution in [1.29, 1.82) is 0 Å². The Balaban J connectivity index is 1.56. The molecule has 7 nitrogen and oxygen atoms in total. The zero-order valence-corrected chi connectivity index (χ0v) is 16.1. The number of rotatable bonds is 5. The summed E-state index contributed by atoms with van der Waals surface area (Å²) >= 11 is 0. The fourth-order valence-corrected chi connectivity index (χ4v) is 5.49. The van der Waals surface area contributed by atoms with E-state index < -0.39 is 21.8 Å². The number of hydrogen-bond acceptors (Lipinski definition) is 5. The molecular formula is C20H19FN2O5S. The minimum absolute atomic E-state index is 0.0531. The number of fused-ring (bicyclic) bond motifs is 3. The van der Waals surface area contributed by atoms with Gasteiger partial charge in [0.15, 0.2) is 0 Å². The van der Waals surface area contributed by atoms with Gasteiger partial charge in [0.1, 0.15) is 17.1 Å². The summed E-state index contributed by atoms with van der Waals surface area (Å²) in [6.07, 6.45) is 0.950. The van der Waals surface area contributed by atoms with Gasteiger partial charge in [-0.05, 0) is 47.7 Å². The maximum absolute atomic E-state index is 13.8. The summed E-state index contributed by atoms with van der Waals surface area (Å²) in [6, 6.07) is 6.73. The van der Waals surface area contributed by atoms with Gasteiger partial charge in [-0.2, -0.15) is 0 Å². The Labute approximate surface area is 166 Å². The average Bonchev–Trinajstić information content (AvgIpc) is 3.39. The van der Waals surface area contributed by atoms with Crippen molar-refractivity contribution in [2.45, 2.75) is 23.2 Å². The summed E-state index contributed by atoms with van der Waals surface area (Å²) < 4.78 is 48.0. The number of benzene rings is 2. The molecule has 0 bridgehead atoms. The van der Waals surface area contributed by atoms with Crippen molar-refractivity contribution in [2.24, 2.45) is 5.92 Å². The first-order valence-corrected chi connectivity index (χ1v) is 10.9. The molecule has 2 aliphatic heterocycles. The number of halogens is 1. The minimum atomic E-state index is -4.13. The van der Waals surface area contributed by atoms with Gasteiger partial charge in [-0.25, -0.2) is 17.6 Å². The highest BCUT2D eigenvalue weighted by Gasteiger charge is 2.45. The molecule has 2 aromatic carbocycles. The smallest absolute Gasteiger partial charge is 0.341 e. The van der Waals surface area contributed by atoms with Gasteiger partial charge in [0.05, 0.1) is 17.2 Å². The van der Waals surface area contributed by atoms with Crippen LogP contribution in [0.1, 0.15) is 39.7 Å². The van der Waals surface area contributed by atoms with E-state index in [1.54, 1.807) is 6.07 Å². The molecule has 29 heavy (non-hydrogen) atoms. The average molecular weight is 418 g/mol. The number of aromatic carboxylic acids is 1. The Morgan fingerprint density at radius 3 is 2.69 bits per heavy atom. The lowest BCUT2D eigenvalue weighted by Gasteiger charge is -2.29. The van der Waals surface area contributed by atoms with E-state index in [2.05, 4.69) is 10.0 Å². The summed E-state index contributed by atoms with van der Waals surface area (Å²) in [5.41, 5.74) is 0.940. The number of carbonyl (C=O) groups is 1. The number of nitrogens with one attached hydrogen (secondary N) is 2. The third-order valence-corrected chi connectivity index (χ3v) is 7.33. The monoisotopic (exact) mass is 418 g/mol. The quantitative estimate of drug-likeness (QED) is 0.689. The maximum Gasteiger partial charge on any atom is 0.341 e. The number of hydrogen-bond donors (Lipinski definition) is 3. The molecule has 152 valence electrons. The summed E-state index contributed by atoms with van der Waals surface area (Å²) in [7, 11) is -4.13. The largest absolute Gasteiger partial charge is 0.492 e. The lowest BCUT2D eigenvalue weighted by Crippen LogP contribution is -2.40. The van der Waals surface area contributed by atoms with E-state index in [1.165, 1.54) is 18.2 Å². The van der Waals surface area contributed by atoms with Crippen molar-refractivity contribution < 1.29 is 27.4 Å². The third kappa shape index (κ3) is 3.05. The van der Waals surface area contributed by atoms with Crippen molar-refractivity contribution in [3.63, 3.8) is 0 Å². The molecule has 0 aromatic heterocycles. The minimum Gasteiger partial charge on any atom is -0.492 e. The SMILES string of the molecule is O=C(O)c1c(NS(=O)(=O)c2ccc(F)cc2C2CNC2)ccc2c1OCC1CC21. The molecule has 2 aromatic rings. The second-order valence-electron chi connectivity index (χ2n) is 7.77. The van der Waals surface area contributed by atoms with E-state index in [9.17, 15) is 22.7 Å². The van der Waals surface area contributed by atoms with Crippen LogP contribution in [0, 0.1) is 11.7 Å². The van der Waals surface area contributed by atoms with Gasteiger partial charge in [-0.1, -0.05) is 6.07 Å². The second kappa shape index (κ2) is 6.43. The molecule has 2 heterocycles. The molecule has 0 radical (unpaired) electrons. The van der Waals surface area contributed by atoms with E-state index in [0.29, 0.717) is 31.2 Å². The van der Waals surface area contributed by atoms with Crippen LogP contribution in [0.2, 0.25) is 0 Å². The number of carboxylic acid groups (broad SMARTS) is 1. The van der Waals surface area contributed by atoms with Crippen LogP contribution in [0.25, 0.3) is 0 Å². The lowest BCUT2D eigenvalue weighted by molar-refractivity contribution is 0.0692. The summed E-state index contributed by atoms with van der Waals surface area (Å²) in [6.45, 7) is 1.55. The Morgan fingerprint density at radius 1 is 1.21 bits per heavy atom. The zero-order chi connectivity index (χ0) is 20.3. The van der Waals surface area contributed by atoms with Crippen molar-refractivity contribution in [2.75, 3.05) is 24.4 Å². The van der Waals surface area contributed by atoms with Crippen LogP contribution in [0.4, 0.5) is 10.1 Å². The standard InChI is InChI=1S/C20H19FN2O5S/c21-12-1-4-17(15(6-12)11-7-22-8-11)29(26,27)23-16-3-2-13-14-5-10(14)9-28-19(13)18(16)20(24)25/h1-4,6,10-11,14,22-23H,5,7-9H2,(H,24,25). The molecule has 0 amide bonds. The van der Waals surface area contributed by atoms with Crippen LogP contribution < -0.4 is 14.8 Å². The topological polar surface area (TPSA) is 105 Å². The highest BCUT2D eigenvalue weighted by atomic mass is 32.2. The summed E-state index contributed by atoms with van der Waals surface area (Å²) in [4.78, 5) is 11.9. The first-order chi connectivity index (χ1) is 13.8. The molecule has 1 saturated heterocycles. The number of ether oxygens (including phenoxy) is 1. The molecular weight excluding hydrogens is 399 g/mol. The Morgan fingerprint density at radius 2 is 2.00 bits per heavy atom. The van der Waals surface area contributed by atoms with E-state index in [1.807, 2.05) is 0 Å². The first-order valence-electron chi connectivity index (χ1n) is 9.41. The molecule has 1 aliphatic carbocycles. The first kappa shape index (κ1) is 18.4. The van der Waals surface area contributed by atoms with Crippen LogP contribution in [0.3, 0.4) is 0 Å². The zero-order valence-electron chi connectivity index (χ0n) is 15.3. The van der Waals surface area contributed by atoms with Gasteiger partial charge in [0, 0.05) is 24.9 Å². The molecule has 1 saturated carbocycles. The van der Waals surface area contributed by atoms with Gasteiger partial charge >= 0.3 is 5.97 Å². The van der Waals surface area contributed by atoms with Crippen molar-refractivity contribution in [3.8, 4) is 5.75 Å². The Hall–Kier alpha value is -2.65. The molecule has 2 unspecified atom stereocenters. The summed E-state index contributed by atoms with van der Waals surface area (Å²) in [5, 5.41) is 12.8. The van der Waals surface area contributed by atoms with Gasteiger partial charge < -0.3 is 15.2 Å². The van der Waals surface area contributed by atoms with Crippen LogP contribution >= 0.6 is 0 Å². The van der Waals surface area contributed by atoms with Crippen LogP contribution in [0.15, 0.2) is 35.2 Å². The van der Waals surface area contributed by atoms with E-state index in [-0.39, 0.29) is 33.7 Å². The lowest BCUT2D eigenvalue weighted by atomic mass is 9.94.